The molecule has 0 aliphatic carbocycles. The Morgan fingerprint density at radius 3 is 2.58 bits per heavy atom. The fraction of sp³-hybridized carbons (Fsp3) is 0.556. The Balaban J connectivity index is 1.38. The molecule has 1 aromatic carbocycles. The zero-order valence-corrected chi connectivity index (χ0v) is 22.3. The molecule has 3 heterocycles. The second kappa shape index (κ2) is 12.5. The number of piperidine rings is 1. The second-order valence-corrected chi connectivity index (χ2v) is 10.5. The van der Waals surface area contributed by atoms with Crippen molar-refractivity contribution in [2.24, 2.45) is 5.92 Å². The van der Waals surface area contributed by atoms with Crippen LogP contribution < -0.4 is 4.90 Å². The van der Waals surface area contributed by atoms with Crippen LogP contribution in [0, 0.1) is 5.92 Å². The lowest BCUT2D eigenvalue weighted by atomic mass is 9.97. The van der Waals surface area contributed by atoms with Crippen LogP contribution >= 0.6 is 11.8 Å². The number of amides is 1. The molecule has 2 aliphatic rings. The number of hydrogen-bond acceptors (Lipinski definition) is 8. The van der Waals surface area contributed by atoms with E-state index in [1.807, 2.05) is 24.3 Å². The minimum atomic E-state index is -0.234. The van der Waals surface area contributed by atoms with E-state index in [1.165, 1.54) is 0 Å². The van der Waals surface area contributed by atoms with E-state index in [9.17, 15) is 9.59 Å². The minimum Gasteiger partial charge on any atom is -0.466 e. The number of likely N-dealkylation sites (tertiary alicyclic amines) is 1. The average molecular weight is 513 g/mol. The number of aromatic nitrogens is 2. The molecule has 1 aromatic heterocycles. The fourth-order valence-electron chi connectivity index (χ4n) is 4.43. The van der Waals surface area contributed by atoms with E-state index in [-0.39, 0.29) is 17.8 Å². The maximum atomic E-state index is 13.0. The summed E-state index contributed by atoms with van der Waals surface area (Å²) in [4.78, 5) is 38.8. The molecule has 9 heteroatoms. The molecule has 2 saturated heterocycles. The lowest BCUT2D eigenvalue weighted by Gasteiger charge is -2.31. The first-order valence-electron chi connectivity index (χ1n) is 12.8. The van der Waals surface area contributed by atoms with Gasteiger partial charge in [-0.2, -0.15) is 0 Å². The van der Waals surface area contributed by atoms with Crippen LogP contribution in [0.3, 0.4) is 0 Å². The van der Waals surface area contributed by atoms with Crippen molar-refractivity contribution in [3.8, 4) is 0 Å². The average Bonchev–Trinajstić information content (AvgIpc) is 2.92. The normalized spacial score (nSPS) is 18.4. The number of ether oxygens (including phenoxy) is 2. The number of thioether (sulfide) groups is 1. The van der Waals surface area contributed by atoms with E-state index >= 15 is 0 Å². The summed E-state index contributed by atoms with van der Waals surface area (Å²) in [7, 11) is 0. The smallest absolute Gasteiger partial charge is 0.310 e. The third kappa shape index (κ3) is 6.76. The van der Waals surface area contributed by atoms with E-state index < -0.39 is 0 Å². The Morgan fingerprint density at radius 2 is 1.89 bits per heavy atom. The van der Waals surface area contributed by atoms with Crippen LogP contribution in [-0.2, 0) is 20.0 Å². The van der Waals surface area contributed by atoms with E-state index in [0.717, 1.165) is 61.4 Å². The van der Waals surface area contributed by atoms with Gasteiger partial charge in [-0.15, -0.1) is 0 Å². The monoisotopic (exact) mass is 512 g/mol. The summed E-state index contributed by atoms with van der Waals surface area (Å²) >= 11 is 1.61. The fourth-order valence-corrected chi connectivity index (χ4v) is 5.25. The number of anilines is 1. The molecule has 194 valence electrons. The number of esters is 1. The van der Waals surface area contributed by atoms with Gasteiger partial charge in [0.2, 0.25) is 0 Å². The predicted octanol–water partition coefficient (Wildman–Crippen LogP) is 4.14. The predicted molar refractivity (Wildman–Crippen MR) is 140 cm³/mol. The highest BCUT2D eigenvalue weighted by Crippen LogP contribution is 2.27. The molecular weight excluding hydrogens is 476 g/mol. The Hall–Kier alpha value is -2.65. The quantitative estimate of drug-likeness (QED) is 0.296. The maximum absolute atomic E-state index is 13.0. The molecule has 1 amide bonds. The third-order valence-electron chi connectivity index (χ3n) is 6.54. The molecule has 36 heavy (non-hydrogen) atoms. The summed E-state index contributed by atoms with van der Waals surface area (Å²) in [6.07, 6.45) is 1.58. The van der Waals surface area contributed by atoms with Gasteiger partial charge in [0.25, 0.3) is 5.91 Å². The van der Waals surface area contributed by atoms with E-state index in [1.54, 1.807) is 23.6 Å². The SMILES string of the molecule is CCOC(=O)[C@H]1CCCN(C(=O)c2ccc(CSc3nc(C(C)C)cc(N4CCOCC4)n3)cc2)C1. The molecule has 0 radical (unpaired) electrons. The topological polar surface area (TPSA) is 84.9 Å². The van der Waals surface area contributed by atoms with Crippen molar-refractivity contribution in [1.29, 1.82) is 0 Å². The van der Waals surface area contributed by atoms with E-state index in [0.29, 0.717) is 36.9 Å². The van der Waals surface area contributed by atoms with Crippen molar-refractivity contribution in [2.75, 3.05) is 50.9 Å². The van der Waals surface area contributed by atoms with Crippen LogP contribution in [0.4, 0.5) is 5.82 Å². The molecule has 0 N–H and O–H groups in total. The molecule has 2 fully saturated rings. The standard InChI is InChI=1S/C27H36N4O4S/c1-4-35-26(33)22-6-5-11-31(17-22)25(32)21-9-7-20(8-10-21)18-36-27-28-23(19(2)3)16-24(29-27)30-12-14-34-15-13-30/h7-10,16,19,22H,4-6,11-15,17-18H2,1-3H3/t22-/m0/s1. The van der Waals surface area contributed by atoms with Gasteiger partial charge in [0.05, 0.1) is 25.7 Å². The zero-order chi connectivity index (χ0) is 25.5. The Labute approximate surface area is 217 Å². The van der Waals surface area contributed by atoms with Crippen LogP contribution in [0.5, 0.6) is 0 Å². The Kier molecular flexibility index (Phi) is 9.20. The number of hydrogen-bond donors (Lipinski definition) is 0. The van der Waals surface area contributed by atoms with Gasteiger partial charge < -0.3 is 19.3 Å². The number of carbonyl (C=O) groups is 2. The summed E-state index contributed by atoms with van der Waals surface area (Å²) in [5.74, 6) is 1.52. The molecule has 2 aliphatic heterocycles. The molecule has 1 atom stereocenters. The van der Waals surface area contributed by atoms with E-state index in [2.05, 4.69) is 24.8 Å². The van der Waals surface area contributed by atoms with Gasteiger partial charge in [-0.05, 0) is 43.4 Å². The van der Waals surface area contributed by atoms with Crippen LogP contribution in [0.15, 0.2) is 35.5 Å². The number of nitrogens with zero attached hydrogens (tertiary/aromatic N) is 4. The van der Waals surface area contributed by atoms with Crippen molar-refractivity contribution in [3.05, 3.63) is 47.2 Å². The summed E-state index contributed by atoms with van der Waals surface area (Å²) in [6.45, 7) is 10.7. The van der Waals surface area contributed by atoms with Gasteiger partial charge in [0.15, 0.2) is 5.16 Å². The largest absolute Gasteiger partial charge is 0.466 e. The molecule has 2 aromatic rings. The minimum absolute atomic E-state index is 0.0358. The summed E-state index contributed by atoms with van der Waals surface area (Å²) in [5, 5.41) is 0.765. The number of rotatable bonds is 8. The van der Waals surface area contributed by atoms with Crippen molar-refractivity contribution < 1.29 is 19.1 Å². The van der Waals surface area contributed by atoms with Crippen LogP contribution in [0.2, 0.25) is 0 Å². The lowest BCUT2D eigenvalue weighted by molar-refractivity contribution is -0.149. The zero-order valence-electron chi connectivity index (χ0n) is 21.4. The van der Waals surface area contributed by atoms with Crippen LogP contribution in [0.1, 0.15) is 61.1 Å². The molecular formula is C27H36N4O4S. The first-order valence-corrected chi connectivity index (χ1v) is 13.8. The van der Waals surface area contributed by atoms with Gasteiger partial charge in [0.1, 0.15) is 5.82 Å². The van der Waals surface area contributed by atoms with Gasteiger partial charge >= 0.3 is 5.97 Å². The summed E-state index contributed by atoms with van der Waals surface area (Å²) in [6, 6.07) is 9.81. The number of morpholine rings is 1. The van der Waals surface area contributed by atoms with Crippen LogP contribution in [-0.4, -0.2) is 72.7 Å². The molecule has 0 bridgehead atoms. The highest BCUT2D eigenvalue weighted by atomic mass is 32.2. The van der Waals surface area contributed by atoms with Gasteiger partial charge in [-0.3, -0.25) is 9.59 Å². The first kappa shape index (κ1) is 26.4. The lowest BCUT2D eigenvalue weighted by Crippen LogP contribution is -2.42. The van der Waals surface area contributed by atoms with Crippen LogP contribution in [0.25, 0.3) is 0 Å². The summed E-state index contributed by atoms with van der Waals surface area (Å²) in [5.41, 5.74) is 2.78. The van der Waals surface area contributed by atoms with Crippen molar-refractivity contribution >= 4 is 29.5 Å². The highest BCUT2D eigenvalue weighted by molar-refractivity contribution is 7.98. The Bertz CT molecular complexity index is 1040. The third-order valence-corrected chi connectivity index (χ3v) is 7.45. The molecule has 8 nitrogen and oxygen atoms in total. The first-order chi connectivity index (χ1) is 17.4. The molecule has 0 saturated carbocycles. The van der Waals surface area contributed by atoms with Gasteiger partial charge in [-0.1, -0.05) is 37.7 Å². The van der Waals surface area contributed by atoms with Crippen molar-refractivity contribution in [3.63, 3.8) is 0 Å². The molecule has 0 spiro atoms. The molecule has 0 unspecified atom stereocenters. The van der Waals surface area contributed by atoms with Crippen molar-refractivity contribution in [2.45, 2.75) is 50.4 Å². The van der Waals surface area contributed by atoms with E-state index in [4.69, 9.17) is 19.4 Å². The summed E-state index contributed by atoms with van der Waals surface area (Å²) < 4.78 is 10.6. The molecule has 4 rings (SSSR count). The highest BCUT2D eigenvalue weighted by Gasteiger charge is 2.29. The maximum Gasteiger partial charge on any atom is 0.310 e. The van der Waals surface area contributed by atoms with Gasteiger partial charge in [-0.25, -0.2) is 9.97 Å². The van der Waals surface area contributed by atoms with Crippen molar-refractivity contribution in [1.82, 2.24) is 14.9 Å². The number of carbonyl (C=O) groups excluding carboxylic acids is 2. The number of benzene rings is 1. The Morgan fingerprint density at radius 1 is 1.14 bits per heavy atom. The van der Waals surface area contributed by atoms with Gasteiger partial charge in [0, 0.05) is 49.3 Å². The second-order valence-electron chi connectivity index (χ2n) is 9.52.